The topological polar surface area (TPSA) is 0 Å². The van der Waals surface area contributed by atoms with Crippen LogP contribution in [-0.4, -0.2) is 6.88 Å². The van der Waals surface area contributed by atoms with Gasteiger partial charge in [-0.05, 0) is 11.1 Å². The molecule has 296 valence electrons. The number of benzene rings is 8. The van der Waals surface area contributed by atoms with E-state index in [0.29, 0.717) is 0 Å². The van der Waals surface area contributed by atoms with Crippen LogP contribution in [0.15, 0.2) is 231 Å². The van der Waals surface area contributed by atoms with Crippen LogP contribution in [0, 0.1) is 14.9 Å². The summed E-state index contributed by atoms with van der Waals surface area (Å²) in [6.45, 7) is 3.06. The SMILES string of the molecule is Cl.Cl.[CH3-].[CH3-].[Si]=[Zr].c1ccc(-c2cc3c(-c4ccccc4)ccc(-c4ccccc4)c3[cH-]2)cc1.c1ccc(-c2cc3c(-c4ccccc4)ccc(-c4ccccc4)c3[cH-]2)cc1. The maximum absolute atomic E-state index is 3.06. The minimum Gasteiger partial charge on any atom is -0.144 e. The summed E-state index contributed by atoms with van der Waals surface area (Å²) >= 11 is 1.36. The van der Waals surface area contributed by atoms with Crippen LogP contribution in [0.3, 0.4) is 0 Å². The zero-order valence-electron chi connectivity index (χ0n) is 33.8. The van der Waals surface area contributed by atoms with Crippen molar-refractivity contribution in [2.45, 2.75) is 0 Å². The summed E-state index contributed by atoms with van der Waals surface area (Å²) in [6, 6.07) is 82.2. The molecule has 0 nitrogen and oxygen atoms in total. The van der Waals surface area contributed by atoms with Gasteiger partial charge in [0.05, 0.1) is 0 Å². The molecule has 0 aliphatic carbocycles. The monoisotopic (exact) mass is 906 g/mol. The van der Waals surface area contributed by atoms with Gasteiger partial charge in [-0.1, -0.05) is 251 Å². The third kappa shape index (κ3) is 10.3. The first-order valence-electron chi connectivity index (χ1n) is 18.8. The Balaban J connectivity index is 0.000000239. The summed E-state index contributed by atoms with van der Waals surface area (Å²) in [4.78, 5) is 0. The summed E-state index contributed by atoms with van der Waals surface area (Å²) in [6.07, 6.45) is 0. The van der Waals surface area contributed by atoms with Gasteiger partial charge in [-0.3, -0.25) is 0 Å². The first kappa shape index (κ1) is 47.3. The van der Waals surface area contributed by atoms with Gasteiger partial charge in [0.25, 0.3) is 0 Å². The smallest absolute Gasteiger partial charge is 0.0259 e. The molecule has 10 aromatic rings. The molecular weight excluding hydrogens is 863 g/mol. The standard InChI is InChI=1S/2C27H19.2CH3.2ClH.Si.Zr/c2*1-4-10-20(11-5-1)23-18-26-24(21-12-6-2-7-13-21)16-17-25(27(26)19-23)22-14-8-3-9-15-22;;;;;;/h2*1-19H;2*1H3;2*1H;;/q4*-1;;;;. The van der Waals surface area contributed by atoms with Crippen LogP contribution < -0.4 is 0 Å². The summed E-state index contributed by atoms with van der Waals surface area (Å²) < 4.78 is 0. The average Bonchev–Trinajstić information content (AvgIpc) is 3.95. The van der Waals surface area contributed by atoms with Gasteiger partial charge in [0.15, 0.2) is 0 Å². The second-order valence-electron chi connectivity index (χ2n) is 13.7. The molecular formula is C56H46Cl2SiZr-4. The fourth-order valence-corrected chi connectivity index (χ4v) is 7.67. The van der Waals surface area contributed by atoms with Crippen LogP contribution in [0.5, 0.6) is 0 Å². The maximum atomic E-state index is 3.06. The molecule has 4 heteroatoms. The van der Waals surface area contributed by atoms with Crippen molar-refractivity contribution >= 4 is 53.2 Å². The number of hydrogen-bond donors (Lipinski definition) is 0. The molecule has 10 rings (SSSR count). The molecule has 0 aliphatic rings. The minimum atomic E-state index is 0. The van der Waals surface area contributed by atoms with Crippen molar-refractivity contribution in [3.8, 4) is 66.8 Å². The van der Waals surface area contributed by atoms with E-state index in [1.165, 1.54) is 112 Å². The minimum absolute atomic E-state index is 0. The van der Waals surface area contributed by atoms with Crippen molar-refractivity contribution in [1.29, 1.82) is 0 Å². The zero-order chi connectivity index (χ0) is 38.1. The molecule has 0 spiro atoms. The molecule has 0 fully saturated rings. The second kappa shape index (κ2) is 22.9. The number of halogens is 2. The van der Waals surface area contributed by atoms with Crippen LogP contribution in [0.4, 0.5) is 0 Å². The Kier molecular flexibility index (Phi) is 18.0. The van der Waals surface area contributed by atoms with Crippen molar-refractivity contribution in [2.75, 3.05) is 0 Å². The van der Waals surface area contributed by atoms with E-state index in [2.05, 4.69) is 237 Å². The second-order valence-corrected chi connectivity index (χ2v) is 13.7. The van der Waals surface area contributed by atoms with Crippen LogP contribution >= 0.6 is 24.8 Å². The van der Waals surface area contributed by atoms with Gasteiger partial charge in [-0.2, -0.15) is 0 Å². The molecule has 0 bridgehead atoms. The summed E-state index contributed by atoms with van der Waals surface area (Å²) in [5.74, 6) is 0. The zero-order valence-corrected chi connectivity index (χ0v) is 38.8. The van der Waals surface area contributed by atoms with Gasteiger partial charge in [-0.15, -0.1) is 81.8 Å². The molecule has 0 amide bonds. The predicted octanol–water partition coefficient (Wildman–Crippen LogP) is 16.5. The maximum Gasteiger partial charge on any atom is -0.0259 e. The summed E-state index contributed by atoms with van der Waals surface area (Å²) in [5.41, 5.74) is 15.2. The van der Waals surface area contributed by atoms with Crippen molar-refractivity contribution < 1.29 is 23.3 Å². The van der Waals surface area contributed by atoms with Gasteiger partial charge < -0.3 is 14.9 Å². The van der Waals surface area contributed by atoms with Gasteiger partial charge in [0.2, 0.25) is 0 Å². The number of fused-ring (bicyclic) bond motifs is 2. The molecule has 10 aromatic carbocycles. The van der Waals surface area contributed by atoms with E-state index in [1.807, 2.05) is 0 Å². The van der Waals surface area contributed by atoms with Gasteiger partial charge in [0, 0.05) is 0 Å². The van der Waals surface area contributed by atoms with E-state index < -0.39 is 0 Å². The predicted molar refractivity (Wildman–Crippen MR) is 265 cm³/mol. The third-order valence-electron chi connectivity index (χ3n) is 10.3. The Morgan fingerprint density at radius 2 is 0.500 bits per heavy atom. The van der Waals surface area contributed by atoms with Gasteiger partial charge in [-0.25, -0.2) is 0 Å². The van der Waals surface area contributed by atoms with Crippen LogP contribution in [0.25, 0.3) is 88.3 Å². The van der Waals surface area contributed by atoms with E-state index in [4.69, 9.17) is 0 Å². The van der Waals surface area contributed by atoms with Crippen molar-refractivity contribution in [3.05, 3.63) is 245 Å². The number of rotatable bonds is 6. The van der Waals surface area contributed by atoms with Gasteiger partial charge in [0.1, 0.15) is 0 Å². The molecule has 0 heterocycles. The normalized spacial score (nSPS) is 9.92. The first-order chi connectivity index (χ1) is 27.8. The first-order valence-corrected chi connectivity index (χ1v) is 23.0. The van der Waals surface area contributed by atoms with E-state index in [9.17, 15) is 0 Å². The van der Waals surface area contributed by atoms with E-state index >= 15 is 0 Å². The van der Waals surface area contributed by atoms with Crippen LogP contribution in [0.1, 0.15) is 0 Å². The van der Waals surface area contributed by atoms with Crippen LogP contribution in [-0.2, 0) is 23.3 Å². The molecule has 0 unspecified atom stereocenters. The number of hydrogen-bond acceptors (Lipinski definition) is 0. The quantitative estimate of drug-likeness (QED) is 0.115. The fourth-order valence-electron chi connectivity index (χ4n) is 7.67. The molecule has 0 aliphatic heterocycles. The third-order valence-corrected chi connectivity index (χ3v) is 10.3. The summed E-state index contributed by atoms with van der Waals surface area (Å²) in [7, 11) is 0. The Morgan fingerprint density at radius 1 is 0.283 bits per heavy atom. The van der Waals surface area contributed by atoms with E-state index in [1.54, 1.807) is 0 Å². The van der Waals surface area contributed by atoms with E-state index in [0.717, 1.165) is 0 Å². The molecule has 0 atom stereocenters. The molecule has 2 radical (unpaired) electrons. The van der Waals surface area contributed by atoms with Crippen LogP contribution in [0.2, 0.25) is 0 Å². The molecule has 0 saturated heterocycles. The Bertz CT molecular complexity index is 2450. The van der Waals surface area contributed by atoms with E-state index in [-0.39, 0.29) is 39.7 Å². The van der Waals surface area contributed by atoms with Crippen molar-refractivity contribution in [3.63, 3.8) is 0 Å². The molecule has 0 saturated carbocycles. The van der Waals surface area contributed by atoms with Gasteiger partial charge >= 0.3 is 30.2 Å². The fraction of sp³-hybridized carbons (Fsp3) is 0. The average molecular weight is 909 g/mol. The Labute approximate surface area is 385 Å². The molecule has 0 N–H and O–H groups in total. The Morgan fingerprint density at radius 3 is 0.767 bits per heavy atom. The van der Waals surface area contributed by atoms with Crippen molar-refractivity contribution in [1.82, 2.24) is 0 Å². The molecule has 60 heavy (non-hydrogen) atoms. The summed E-state index contributed by atoms with van der Waals surface area (Å²) in [5, 5.41) is 5.23. The molecule has 0 aromatic heterocycles. The van der Waals surface area contributed by atoms with Crippen molar-refractivity contribution in [2.24, 2.45) is 0 Å². The Hall–Kier alpha value is -5.34. The largest absolute Gasteiger partial charge is 0.144 e.